The number of pyridine rings is 1. The van der Waals surface area contributed by atoms with E-state index in [1.807, 2.05) is 36.6 Å². The van der Waals surface area contributed by atoms with E-state index in [1.165, 1.54) is 7.11 Å². The highest BCUT2D eigenvalue weighted by Crippen LogP contribution is 2.33. The van der Waals surface area contributed by atoms with Crippen LogP contribution in [0.15, 0.2) is 30.6 Å². The van der Waals surface area contributed by atoms with Gasteiger partial charge < -0.3 is 14.6 Å². The van der Waals surface area contributed by atoms with E-state index in [1.54, 1.807) is 12.4 Å². The fourth-order valence-corrected chi connectivity index (χ4v) is 3.99. The average molecular weight is 369 g/mol. The van der Waals surface area contributed by atoms with Gasteiger partial charge in [0, 0.05) is 17.6 Å². The lowest BCUT2D eigenvalue weighted by molar-refractivity contribution is -0.150. The van der Waals surface area contributed by atoms with Crippen LogP contribution in [0.5, 0.6) is 0 Å². The molecular formula is C21H27N3O3. The molecule has 0 bridgehead atoms. The van der Waals surface area contributed by atoms with Crippen molar-refractivity contribution in [1.29, 1.82) is 0 Å². The predicted molar refractivity (Wildman–Crippen MR) is 103 cm³/mol. The second-order valence-electron chi connectivity index (χ2n) is 7.54. The summed E-state index contributed by atoms with van der Waals surface area (Å²) >= 11 is 0. The second kappa shape index (κ2) is 7.55. The SMILES string of the molecule is COC(=O)C1(NC(=O)c2cc(C)n(-c3cccnc3)c2C)CCC(C)CC1. The summed E-state index contributed by atoms with van der Waals surface area (Å²) < 4.78 is 7.02. The number of amides is 1. The molecule has 27 heavy (non-hydrogen) atoms. The van der Waals surface area contributed by atoms with Gasteiger partial charge in [0.1, 0.15) is 5.54 Å². The molecule has 6 nitrogen and oxygen atoms in total. The average Bonchev–Trinajstić information content (AvgIpc) is 2.98. The largest absolute Gasteiger partial charge is 0.467 e. The summed E-state index contributed by atoms with van der Waals surface area (Å²) in [6.45, 7) is 6.03. The Morgan fingerprint density at radius 1 is 1.30 bits per heavy atom. The maximum atomic E-state index is 13.1. The smallest absolute Gasteiger partial charge is 0.331 e. The molecule has 0 spiro atoms. The van der Waals surface area contributed by atoms with Crippen LogP contribution < -0.4 is 5.32 Å². The van der Waals surface area contributed by atoms with E-state index in [2.05, 4.69) is 17.2 Å². The van der Waals surface area contributed by atoms with E-state index >= 15 is 0 Å². The molecule has 144 valence electrons. The Labute approximate surface area is 159 Å². The topological polar surface area (TPSA) is 73.2 Å². The second-order valence-corrected chi connectivity index (χ2v) is 7.54. The van der Waals surface area contributed by atoms with E-state index < -0.39 is 5.54 Å². The standard InChI is InChI=1S/C21H27N3O3/c1-14-7-9-21(10-8-14,20(26)27-4)23-19(25)18-12-15(2)24(16(18)3)17-6-5-11-22-13-17/h5-6,11-14H,7-10H2,1-4H3,(H,23,25). The number of carbonyl (C=O) groups excluding carboxylic acids is 2. The highest BCUT2D eigenvalue weighted by atomic mass is 16.5. The summed E-state index contributed by atoms with van der Waals surface area (Å²) in [5, 5.41) is 3.01. The van der Waals surface area contributed by atoms with Crippen LogP contribution in [0, 0.1) is 19.8 Å². The van der Waals surface area contributed by atoms with Crippen LogP contribution in [-0.2, 0) is 9.53 Å². The predicted octanol–water partition coefficient (Wildman–Crippen LogP) is 3.34. The zero-order chi connectivity index (χ0) is 19.6. The number of hydrogen-bond donors (Lipinski definition) is 1. The van der Waals surface area contributed by atoms with Gasteiger partial charge in [-0.3, -0.25) is 9.78 Å². The van der Waals surface area contributed by atoms with Crippen molar-refractivity contribution in [2.75, 3.05) is 7.11 Å². The highest BCUT2D eigenvalue weighted by molar-refractivity contribution is 5.99. The van der Waals surface area contributed by atoms with Crippen LogP contribution in [0.3, 0.4) is 0 Å². The third-order valence-corrected chi connectivity index (χ3v) is 5.64. The minimum absolute atomic E-state index is 0.238. The number of methoxy groups -OCH3 is 1. The Kier molecular flexibility index (Phi) is 5.35. The van der Waals surface area contributed by atoms with Gasteiger partial charge in [-0.25, -0.2) is 4.79 Å². The molecule has 1 fully saturated rings. The number of aromatic nitrogens is 2. The fraction of sp³-hybridized carbons (Fsp3) is 0.476. The van der Waals surface area contributed by atoms with Crippen LogP contribution in [0.25, 0.3) is 5.69 Å². The summed E-state index contributed by atoms with van der Waals surface area (Å²) in [4.78, 5) is 29.7. The summed E-state index contributed by atoms with van der Waals surface area (Å²) in [6.07, 6.45) is 6.48. The van der Waals surface area contributed by atoms with Gasteiger partial charge in [-0.2, -0.15) is 0 Å². The first-order valence-corrected chi connectivity index (χ1v) is 9.38. The van der Waals surface area contributed by atoms with Crippen molar-refractivity contribution in [3.63, 3.8) is 0 Å². The number of aryl methyl sites for hydroxylation is 1. The molecule has 1 aliphatic rings. The minimum atomic E-state index is -0.935. The molecule has 1 aliphatic carbocycles. The van der Waals surface area contributed by atoms with Crippen LogP contribution >= 0.6 is 0 Å². The van der Waals surface area contributed by atoms with E-state index in [0.717, 1.165) is 29.9 Å². The lowest BCUT2D eigenvalue weighted by atomic mass is 9.77. The number of nitrogens with zero attached hydrogens (tertiary/aromatic N) is 2. The molecule has 0 unspecified atom stereocenters. The van der Waals surface area contributed by atoms with Gasteiger partial charge in [0.25, 0.3) is 5.91 Å². The molecule has 2 aromatic heterocycles. The number of carbonyl (C=O) groups is 2. The maximum absolute atomic E-state index is 13.1. The molecule has 0 atom stereocenters. The molecule has 6 heteroatoms. The molecule has 0 radical (unpaired) electrons. The van der Waals surface area contributed by atoms with Crippen molar-refractivity contribution in [3.8, 4) is 5.69 Å². The molecule has 1 amide bonds. The van der Waals surface area contributed by atoms with Gasteiger partial charge in [-0.05, 0) is 63.6 Å². The van der Waals surface area contributed by atoms with E-state index in [0.29, 0.717) is 24.3 Å². The van der Waals surface area contributed by atoms with E-state index in [9.17, 15) is 9.59 Å². The van der Waals surface area contributed by atoms with Gasteiger partial charge in [0.2, 0.25) is 0 Å². The molecule has 2 heterocycles. The zero-order valence-corrected chi connectivity index (χ0v) is 16.4. The molecule has 0 saturated heterocycles. The Morgan fingerprint density at radius 3 is 2.59 bits per heavy atom. The van der Waals surface area contributed by atoms with Crippen LogP contribution in [0.2, 0.25) is 0 Å². The first kappa shape index (κ1) is 19.1. The maximum Gasteiger partial charge on any atom is 0.331 e. The third-order valence-electron chi connectivity index (χ3n) is 5.64. The lowest BCUT2D eigenvalue weighted by Gasteiger charge is -2.37. The fourth-order valence-electron chi connectivity index (χ4n) is 3.99. The number of nitrogens with one attached hydrogen (secondary N) is 1. The van der Waals surface area contributed by atoms with Crippen molar-refractivity contribution in [2.24, 2.45) is 5.92 Å². The lowest BCUT2D eigenvalue weighted by Crippen LogP contribution is -2.56. The van der Waals surface area contributed by atoms with Crippen LogP contribution in [0.4, 0.5) is 0 Å². The normalized spacial score (nSPS) is 22.3. The summed E-state index contributed by atoms with van der Waals surface area (Å²) in [7, 11) is 1.38. The van der Waals surface area contributed by atoms with Gasteiger partial charge in [0.15, 0.2) is 0 Å². The van der Waals surface area contributed by atoms with Gasteiger partial charge in [-0.15, -0.1) is 0 Å². The first-order valence-electron chi connectivity index (χ1n) is 9.38. The quantitative estimate of drug-likeness (QED) is 0.839. The van der Waals surface area contributed by atoms with Crippen molar-refractivity contribution in [1.82, 2.24) is 14.9 Å². The van der Waals surface area contributed by atoms with Crippen molar-refractivity contribution < 1.29 is 14.3 Å². The molecule has 0 aliphatic heterocycles. The number of esters is 1. The molecule has 1 saturated carbocycles. The highest BCUT2D eigenvalue weighted by Gasteiger charge is 2.43. The van der Waals surface area contributed by atoms with Gasteiger partial charge in [-0.1, -0.05) is 6.92 Å². The van der Waals surface area contributed by atoms with Gasteiger partial charge in [0.05, 0.1) is 24.6 Å². The Morgan fingerprint density at radius 2 is 2.00 bits per heavy atom. The van der Waals surface area contributed by atoms with E-state index in [-0.39, 0.29) is 11.9 Å². The molecular weight excluding hydrogens is 342 g/mol. The number of ether oxygens (including phenoxy) is 1. The molecule has 1 N–H and O–H groups in total. The Bertz CT molecular complexity index is 834. The summed E-state index contributed by atoms with van der Waals surface area (Å²) in [5.41, 5.74) is 2.30. The number of hydrogen-bond acceptors (Lipinski definition) is 4. The molecule has 2 aromatic rings. The van der Waals surface area contributed by atoms with Crippen LogP contribution in [-0.4, -0.2) is 34.1 Å². The Hall–Kier alpha value is -2.63. The minimum Gasteiger partial charge on any atom is -0.467 e. The Balaban J connectivity index is 1.91. The van der Waals surface area contributed by atoms with Crippen molar-refractivity contribution >= 4 is 11.9 Å². The molecule has 3 rings (SSSR count). The number of rotatable bonds is 4. The third kappa shape index (κ3) is 3.61. The van der Waals surface area contributed by atoms with E-state index in [4.69, 9.17) is 4.74 Å². The molecule has 0 aromatic carbocycles. The monoisotopic (exact) mass is 369 g/mol. The van der Waals surface area contributed by atoms with Crippen molar-refractivity contribution in [3.05, 3.63) is 47.5 Å². The van der Waals surface area contributed by atoms with Crippen molar-refractivity contribution in [2.45, 2.75) is 52.0 Å². The van der Waals surface area contributed by atoms with Crippen LogP contribution in [0.1, 0.15) is 54.4 Å². The first-order chi connectivity index (χ1) is 12.9. The zero-order valence-electron chi connectivity index (χ0n) is 16.4. The summed E-state index contributed by atoms with van der Waals surface area (Å²) in [6, 6.07) is 5.67. The van der Waals surface area contributed by atoms with Gasteiger partial charge >= 0.3 is 5.97 Å². The summed E-state index contributed by atoms with van der Waals surface area (Å²) in [5.74, 6) is -0.0441.